The number of rotatable bonds is 9. The Labute approximate surface area is 164 Å². The standard InChI is InChI=1S/C17H17NO7S2/c1-2-24-12-7-10(3-4-11(12)25-9-15(21)22)8-13-16(23)18(17(26)27-13)6-5-14(19)20/h3-4,7-8H,2,5-6,9H2,1H3,(H,19,20)(H,21,22)/b13-8-. The van der Waals surface area contributed by atoms with Crippen molar-refractivity contribution in [1.82, 2.24) is 4.90 Å². The van der Waals surface area contributed by atoms with Crippen molar-refractivity contribution in [3.63, 3.8) is 0 Å². The molecule has 0 aromatic heterocycles. The van der Waals surface area contributed by atoms with Crippen molar-refractivity contribution < 1.29 is 34.1 Å². The van der Waals surface area contributed by atoms with Gasteiger partial charge in [0, 0.05) is 6.54 Å². The molecule has 1 saturated heterocycles. The Morgan fingerprint density at radius 1 is 1.22 bits per heavy atom. The van der Waals surface area contributed by atoms with Gasteiger partial charge in [-0.1, -0.05) is 30.0 Å². The number of carboxylic acids is 2. The number of hydrogen-bond donors (Lipinski definition) is 2. The fourth-order valence-corrected chi connectivity index (χ4v) is 3.50. The minimum Gasteiger partial charge on any atom is -0.490 e. The number of ether oxygens (including phenoxy) is 2. The molecular weight excluding hydrogens is 394 g/mol. The van der Waals surface area contributed by atoms with Crippen LogP contribution in [0.15, 0.2) is 23.1 Å². The Bertz CT molecular complexity index is 806. The number of amides is 1. The number of carbonyl (C=O) groups is 3. The Hall–Kier alpha value is -2.59. The molecule has 0 saturated carbocycles. The molecule has 0 spiro atoms. The van der Waals surface area contributed by atoms with Crippen LogP contribution in [-0.2, 0) is 14.4 Å². The highest BCUT2D eigenvalue weighted by Crippen LogP contribution is 2.35. The van der Waals surface area contributed by atoms with Gasteiger partial charge in [-0.3, -0.25) is 14.5 Å². The van der Waals surface area contributed by atoms with E-state index in [0.29, 0.717) is 27.1 Å². The van der Waals surface area contributed by atoms with Gasteiger partial charge in [-0.15, -0.1) is 0 Å². The third-order valence-electron chi connectivity index (χ3n) is 3.34. The third-order valence-corrected chi connectivity index (χ3v) is 4.72. The van der Waals surface area contributed by atoms with Crippen LogP contribution in [-0.4, -0.2) is 57.0 Å². The molecule has 1 fully saturated rings. The molecule has 0 unspecified atom stereocenters. The molecule has 2 rings (SSSR count). The third kappa shape index (κ3) is 5.69. The monoisotopic (exact) mass is 411 g/mol. The van der Waals surface area contributed by atoms with Crippen molar-refractivity contribution in [1.29, 1.82) is 0 Å². The Kier molecular flexibility index (Phi) is 7.19. The van der Waals surface area contributed by atoms with Crippen LogP contribution >= 0.6 is 24.0 Å². The van der Waals surface area contributed by atoms with Crippen LogP contribution in [0.2, 0.25) is 0 Å². The van der Waals surface area contributed by atoms with Crippen LogP contribution in [0.3, 0.4) is 0 Å². The van der Waals surface area contributed by atoms with Gasteiger partial charge in [0.2, 0.25) is 0 Å². The second kappa shape index (κ2) is 9.38. The number of benzene rings is 1. The minimum atomic E-state index is -1.11. The number of hydrogen-bond acceptors (Lipinski definition) is 7. The van der Waals surface area contributed by atoms with E-state index in [1.165, 1.54) is 4.90 Å². The summed E-state index contributed by atoms with van der Waals surface area (Å²) in [4.78, 5) is 35.4. The molecule has 1 aromatic rings. The maximum absolute atomic E-state index is 12.4. The first-order valence-electron chi connectivity index (χ1n) is 7.90. The van der Waals surface area contributed by atoms with Crippen LogP contribution in [0.4, 0.5) is 0 Å². The zero-order valence-electron chi connectivity index (χ0n) is 14.3. The van der Waals surface area contributed by atoms with Crippen LogP contribution in [0.5, 0.6) is 11.5 Å². The van der Waals surface area contributed by atoms with Gasteiger partial charge in [0.15, 0.2) is 18.1 Å². The van der Waals surface area contributed by atoms with E-state index in [0.717, 1.165) is 11.8 Å². The SMILES string of the molecule is CCOc1cc(/C=C2\SC(=S)N(CCC(=O)O)C2=O)ccc1OCC(=O)O. The lowest BCUT2D eigenvalue weighted by Gasteiger charge is -2.12. The van der Waals surface area contributed by atoms with E-state index in [1.807, 2.05) is 0 Å². The Morgan fingerprint density at radius 2 is 1.96 bits per heavy atom. The molecule has 1 aliphatic rings. The molecular formula is C17H17NO7S2. The molecule has 27 heavy (non-hydrogen) atoms. The summed E-state index contributed by atoms with van der Waals surface area (Å²) in [5.74, 6) is -1.83. The van der Waals surface area contributed by atoms with E-state index in [-0.39, 0.29) is 24.6 Å². The zero-order valence-corrected chi connectivity index (χ0v) is 16.0. The van der Waals surface area contributed by atoms with E-state index in [1.54, 1.807) is 31.2 Å². The molecule has 1 heterocycles. The van der Waals surface area contributed by atoms with Gasteiger partial charge < -0.3 is 19.7 Å². The van der Waals surface area contributed by atoms with Gasteiger partial charge in [0.05, 0.1) is 17.9 Å². The lowest BCUT2D eigenvalue weighted by atomic mass is 10.2. The van der Waals surface area contributed by atoms with Gasteiger partial charge in [0.25, 0.3) is 5.91 Å². The molecule has 2 N–H and O–H groups in total. The molecule has 1 aliphatic heterocycles. The lowest BCUT2D eigenvalue weighted by Crippen LogP contribution is -2.30. The van der Waals surface area contributed by atoms with Gasteiger partial charge >= 0.3 is 11.9 Å². The predicted molar refractivity (Wildman–Crippen MR) is 103 cm³/mol. The topological polar surface area (TPSA) is 113 Å². The molecule has 1 aromatic carbocycles. The van der Waals surface area contributed by atoms with Gasteiger partial charge in [-0.05, 0) is 30.7 Å². The number of carbonyl (C=O) groups excluding carboxylic acids is 1. The first kappa shape index (κ1) is 20.7. The minimum absolute atomic E-state index is 0.0174. The highest BCUT2D eigenvalue weighted by Gasteiger charge is 2.32. The van der Waals surface area contributed by atoms with E-state index in [2.05, 4.69) is 0 Å². The summed E-state index contributed by atoms with van der Waals surface area (Å²) < 4.78 is 11.0. The molecule has 8 nitrogen and oxygen atoms in total. The predicted octanol–water partition coefficient (Wildman–Crippen LogP) is 2.22. The van der Waals surface area contributed by atoms with Gasteiger partial charge in [-0.2, -0.15) is 0 Å². The van der Waals surface area contributed by atoms with Crippen molar-refractivity contribution >= 4 is 52.2 Å². The highest BCUT2D eigenvalue weighted by atomic mass is 32.2. The molecule has 0 atom stereocenters. The fraction of sp³-hybridized carbons (Fsp3) is 0.294. The number of aliphatic carboxylic acids is 2. The average molecular weight is 411 g/mol. The quantitative estimate of drug-likeness (QED) is 0.466. The van der Waals surface area contributed by atoms with Crippen molar-refractivity contribution in [3.05, 3.63) is 28.7 Å². The largest absolute Gasteiger partial charge is 0.490 e. The second-order valence-corrected chi connectivity index (χ2v) is 6.97. The Balaban J connectivity index is 2.21. The first-order valence-corrected chi connectivity index (χ1v) is 9.13. The van der Waals surface area contributed by atoms with E-state index in [4.69, 9.17) is 31.9 Å². The average Bonchev–Trinajstić information content (AvgIpc) is 2.86. The van der Waals surface area contributed by atoms with E-state index in [9.17, 15) is 14.4 Å². The summed E-state index contributed by atoms with van der Waals surface area (Å²) in [7, 11) is 0. The first-order chi connectivity index (χ1) is 12.8. The second-order valence-electron chi connectivity index (χ2n) is 5.30. The molecule has 0 radical (unpaired) electrons. The van der Waals surface area contributed by atoms with Crippen LogP contribution < -0.4 is 9.47 Å². The molecule has 0 aliphatic carbocycles. The molecule has 144 valence electrons. The van der Waals surface area contributed by atoms with E-state index >= 15 is 0 Å². The van der Waals surface area contributed by atoms with Gasteiger partial charge in [0.1, 0.15) is 4.32 Å². The summed E-state index contributed by atoms with van der Waals surface area (Å²) in [5, 5.41) is 17.5. The normalized spacial score (nSPS) is 15.3. The van der Waals surface area contributed by atoms with Crippen molar-refractivity contribution in [2.45, 2.75) is 13.3 Å². The van der Waals surface area contributed by atoms with E-state index < -0.39 is 18.5 Å². The van der Waals surface area contributed by atoms with Gasteiger partial charge in [-0.25, -0.2) is 4.79 Å². The fourth-order valence-electron chi connectivity index (χ4n) is 2.19. The summed E-state index contributed by atoms with van der Waals surface area (Å²) in [6.07, 6.45) is 1.42. The maximum atomic E-state index is 12.4. The van der Waals surface area contributed by atoms with Crippen molar-refractivity contribution in [2.24, 2.45) is 0 Å². The number of thiocarbonyl (C=S) groups is 1. The lowest BCUT2D eigenvalue weighted by molar-refractivity contribution is -0.139. The molecule has 0 bridgehead atoms. The van der Waals surface area contributed by atoms with Crippen LogP contribution in [0.25, 0.3) is 6.08 Å². The number of thioether (sulfide) groups is 1. The highest BCUT2D eigenvalue weighted by molar-refractivity contribution is 8.26. The summed E-state index contributed by atoms with van der Waals surface area (Å²) >= 11 is 6.24. The summed E-state index contributed by atoms with van der Waals surface area (Å²) in [6.45, 7) is 1.65. The summed E-state index contributed by atoms with van der Waals surface area (Å²) in [6, 6.07) is 4.85. The number of nitrogens with zero attached hydrogens (tertiary/aromatic N) is 1. The summed E-state index contributed by atoms with van der Waals surface area (Å²) in [5.41, 5.74) is 0.639. The number of carboxylic acid groups (broad SMARTS) is 2. The van der Waals surface area contributed by atoms with Crippen LogP contribution in [0.1, 0.15) is 18.9 Å². The molecule has 10 heteroatoms. The maximum Gasteiger partial charge on any atom is 0.341 e. The van der Waals surface area contributed by atoms with Crippen LogP contribution in [0, 0.1) is 0 Å². The Morgan fingerprint density at radius 3 is 2.59 bits per heavy atom. The van der Waals surface area contributed by atoms with Crippen molar-refractivity contribution in [2.75, 3.05) is 19.8 Å². The molecule has 1 amide bonds. The van der Waals surface area contributed by atoms with Crippen molar-refractivity contribution in [3.8, 4) is 11.5 Å². The zero-order chi connectivity index (χ0) is 20.0. The smallest absolute Gasteiger partial charge is 0.341 e.